The van der Waals surface area contributed by atoms with Gasteiger partial charge in [-0.2, -0.15) is 0 Å². The van der Waals surface area contributed by atoms with E-state index < -0.39 is 0 Å². The van der Waals surface area contributed by atoms with Crippen molar-refractivity contribution in [2.45, 2.75) is 43.8 Å². The van der Waals surface area contributed by atoms with Gasteiger partial charge in [-0.05, 0) is 18.6 Å². The number of aryl methyl sites for hydroxylation is 1. The van der Waals surface area contributed by atoms with Gasteiger partial charge in [0.25, 0.3) is 0 Å². The van der Waals surface area contributed by atoms with Crippen LogP contribution in [0.4, 0.5) is 0 Å². The number of thioether (sulfide) groups is 1. The number of quaternary nitrogens is 1. The zero-order valence-corrected chi connectivity index (χ0v) is 18.8. The molecule has 0 spiro atoms. The van der Waals surface area contributed by atoms with Crippen molar-refractivity contribution in [3.8, 4) is 5.75 Å². The second-order valence-electron chi connectivity index (χ2n) is 7.55. The standard InChI is InChI=1S/C23H30N4OS/c1-6-20(26(3)4)22-24-25-23(27(22)15-18-10-8-7-9-11-18)29-16-19-14-17(2)12-13-21(19)28-5/h7-14,20H,6,15-16H2,1-5H3/p+1/t20-/m0/s1. The average molecular weight is 412 g/mol. The van der Waals surface area contributed by atoms with Crippen molar-refractivity contribution in [3.63, 3.8) is 0 Å². The Morgan fingerprint density at radius 1 is 1.10 bits per heavy atom. The number of benzene rings is 2. The van der Waals surface area contributed by atoms with E-state index in [1.807, 2.05) is 6.07 Å². The van der Waals surface area contributed by atoms with Gasteiger partial charge in [-0.1, -0.05) is 66.7 Å². The summed E-state index contributed by atoms with van der Waals surface area (Å²) in [5, 5.41) is 10.1. The number of ether oxygens (including phenoxy) is 1. The van der Waals surface area contributed by atoms with Crippen LogP contribution in [0.3, 0.4) is 0 Å². The maximum atomic E-state index is 5.55. The van der Waals surface area contributed by atoms with E-state index in [0.29, 0.717) is 6.04 Å². The van der Waals surface area contributed by atoms with Gasteiger partial charge in [-0.15, -0.1) is 10.2 Å². The predicted molar refractivity (Wildman–Crippen MR) is 119 cm³/mol. The monoisotopic (exact) mass is 411 g/mol. The molecule has 3 aromatic rings. The first-order chi connectivity index (χ1) is 14.0. The molecule has 1 atom stereocenters. The van der Waals surface area contributed by atoms with E-state index in [1.54, 1.807) is 18.9 Å². The molecule has 6 heteroatoms. The Bertz CT molecular complexity index is 924. The molecule has 0 radical (unpaired) electrons. The zero-order chi connectivity index (χ0) is 20.8. The molecular weight excluding hydrogens is 380 g/mol. The predicted octanol–water partition coefficient (Wildman–Crippen LogP) is 3.53. The number of hydrogen-bond donors (Lipinski definition) is 1. The number of nitrogens with zero attached hydrogens (tertiary/aromatic N) is 3. The molecule has 29 heavy (non-hydrogen) atoms. The van der Waals surface area contributed by atoms with Gasteiger partial charge in [0.15, 0.2) is 11.0 Å². The van der Waals surface area contributed by atoms with E-state index in [-0.39, 0.29) is 0 Å². The van der Waals surface area contributed by atoms with E-state index in [9.17, 15) is 0 Å². The van der Waals surface area contributed by atoms with Gasteiger partial charge in [-0.3, -0.25) is 4.57 Å². The van der Waals surface area contributed by atoms with Crippen LogP contribution in [0.25, 0.3) is 0 Å². The fourth-order valence-electron chi connectivity index (χ4n) is 3.59. The Morgan fingerprint density at radius 3 is 2.52 bits per heavy atom. The van der Waals surface area contributed by atoms with Crippen molar-refractivity contribution in [2.75, 3.05) is 21.2 Å². The molecular formula is C23H31N4OS+. The largest absolute Gasteiger partial charge is 0.496 e. The minimum absolute atomic E-state index is 0.314. The normalized spacial score (nSPS) is 12.3. The molecule has 0 bridgehead atoms. The summed E-state index contributed by atoms with van der Waals surface area (Å²) in [5.41, 5.74) is 3.67. The average Bonchev–Trinajstić information content (AvgIpc) is 3.10. The minimum Gasteiger partial charge on any atom is -0.496 e. The summed E-state index contributed by atoms with van der Waals surface area (Å²) in [6.07, 6.45) is 1.02. The summed E-state index contributed by atoms with van der Waals surface area (Å²) in [5.74, 6) is 2.76. The summed E-state index contributed by atoms with van der Waals surface area (Å²) in [4.78, 5) is 1.37. The van der Waals surface area contributed by atoms with Crippen LogP contribution in [0.2, 0.25) is 0 Å². The smallest absolute Gasteiger partial charge is 0.192 e. The third-order valence-corrected chi connectivity index (χ3v) is 6.15. The van der Waals surface area contributed by atoms with Crippen LogP contribution in [-0.2, 0) is 12.3 Å². The molecule has 0 aliphatic carbocycles. The fraction of sp³-hybridized carbons (Fsp3) is 0.391. The van der Waals surface area contributed by atoms with E-state index in [1.165, 1.54) is 21.6 Å². The van der Waals surface area contributed by atoms with Crippen molar-refractivity contribution < 1.29 is 9.64 Å². The minimum atomic E-state index is 0.314. The maximum absolute atomic E-state index is 5.55. The summed E-state index contributed by atoms with van der Waals surface area (Å²) in [6, 6.07) is 17.1. The highest BCUT2D eigenvalue weighted by Gasteiger charge is 2.25. The van der Waals surface area contributed by atoms with Crippen molar-refractivity contribution in [3.05, 3.63) is 71.0 Å². The van der Waals surface area contributed by atoms with Crippen LogP contribution in [0, 0.1) is 6.92 Å². The summed E-state index contributed by atoms with van der Waals surface area (Å²) in [6.45, 7) is 5.10. The highest BCUT2D eigenvalue weighted by Crippen LogP contribution is 2.29. The molecule has 0 amide bonds. The first-order valence-corrected chi connectivity index (χ1v) is 11.0. The maximum Gasteiger partial charge on any atom is 0.192 e. The molecule has 0 aliphatic rings. The van der Waals surface area contributed by atoms with E-state index in [4.69, 9.17) is 4.74 Å². The highest BCUT2D eigenvalue weighted by atomic mass is 32.2. The highest BCUT2D eigenvalue weighted by molar-refractivity contribution is 7.98. The van der Waals surface area contributed by atoms with E-state index >= 15 is 0 Å². The number of rotatable bonds is 9. The molecule has 1 heterocycles. The van der Waals surface area contributed by atoms with Gasteiger partial charge < -0.3 is 9.64 Å². The lowest BCUT2D eigenvalue weighted by molar-refractivity contribution is -0.893. The van der Waals surface area contributed by atoms with Crippen molar-refractivity contribution in [1.29, 1.82) is 0 Å². The van der Waals surface area contributed by atoms with E-state index in [2.05, 4.69) is 85.2 Å². The Morgan fingerprint density at radius 2 is 1.86 bits per heavy atom. The lowest BCUT2D eigenvalue weighted by Gasteiger charge is -2.20. The quantitative estimate of drug-likeness (QED) is 0.547. The fourth-order valence-corrected chi connectivity index (χ4v) is 4.51. The third-order valence-electron chi connectivity index (χ3n) is 5.14. The number of hydrogen-bond acceptors (Lipinski definition) is 4. The van der Waals surface area contributed by atoms with Crippen LogP contribution in [-0.4, -0.2) is 36.0 Å². The van der Waals surface area contributed by atoms with E-state index in [0.717, 1.165) is 35.4 Å². The Hall–Kier alpha value is -2.31. The van der Waals surface area contributed by atoms with Gasteiger partial charge in [0.2, 0.25) is 0 Å². The molecule has 0 fully saturated rings. The molecule has 0 aliphatic heterocycles. The number of aromatic nitrogens is 3. The zero-order valence-electron chi connectivity index (χ0n) is 18.0. The van der Waals surface area contributed by atoms with Gasteiger partial charge in [-0.25, -0.2) is 0 Å². The van der Waals surface area contributed by atoms with Gasteiger partial charge in [0.1, 0.15) is 11.8 Å². The van der Waals surface area contributed by atoms with Crippen LogP contribution in [0.5, 0.6) is 5.75 Å². The van der Waals surface area contributed by atoms with Crippen LogP contribution < -0.4 is 9.64 Å². The lowest BCUT2D eigenvalue weighted by Crippen LogP contribution is -3.06. The first kappa shape index (κ1) is 21.4. The Balaban J connectivity index is 1.91. The molecule has 0 saturated heterocycles. The Kier molecular flexibility index (Phi) is 7.34. The molecule has 2 aromatic carbocycles. The molecule has 1 aromatic heterocycles. The second-order valence-corrected chi connectivity index (χ2v) is 8.50. The van der Waals surface area contributed by atoms with Gasteiger partial charge in [0, 0.05) is 17.7 Å². The van der Waals surface area contributed by atoms with Crippen molar-refractivity contribution in [1.82, 2.24) is 14.8 Å². The summed E-state index contributed by atoms with van der Waals surface area (Å²) < 4.78 is 7.83. The summed E-state index contributed by atoms with van der Waals surface area (Å²) >= 11 is 1.72. The van der Waals surface area contributed by atoms with Gasteiger partial charge >= 0.3 is 0 Å². The molecule has 3 rings (SSSR count). The first-order valence-electron chi connectivity index (χ1n) is 10.1. The van der Waals surface area contributed by atoms with Crippen molar-refractivity contribution in [2.24, 2.45) is 0 Å². The summed E-state index contributed by atoms with van der Waals surface area (Å²) in [7, 11) is 6.08. The second kappa shape index (κ2) is 9.94. The third kappa shape index (κ3) is 5.19. The Labute approximate surface area is 178 Å². The van der Waals surface area contributed by atoms with Crippen LogP contribution in [0.1, 0.15) is 41.9 Å². The van der Waals surface area contributed by atoms with Gasteiger partial charge in [0.05, 0.1) is 27.7 Å². The lowest BCUT2D eigenvalue weighted by atomic mass is 10.1. The van der Waals surface area contributed by atoms with Crippen molar-refractivity contribution >= 4 is 11.8 Å². The number of nitrogens with one attached hydrogen (secondary N) is 1. The van der Waals surface area contributed by atoms with Crippen LogP contribution >= 0.6 is 11.8 Å². The molecule has 0 unspecified atom stereocenters. The van der Waals surface area contributed by atoms with Crippen LogP contribution in [0.15, 0.2) is 53.7 Å². The topological polar surface area (TPSA) is 44.4 Å². The molecule has 0 saturated carbocycles. The molecule has 154 valence electrons. The SMILES string of the molecule is CC[C@@H](c1nnc(SCc2cc(C)ccc2OC)n1Cc1ccccc1)[NH+](C)C. The molecule has 1 N–H and O–H groups in total. The molecule has 5 nitrogen and oxygen atoms in total. The number of methoxy groups -OCH3 is 1.